The maximum Gasteiger partial charge on any atom is 0.370 e. The molecule has 0 aromatic carbocycles. The number of epoxide rings is 1. The van der Waals surface area contributed by atoms with Gasteiger partial charge in [-0.05, 0) is 18.9 Å². The van der Waals surface area contributed by atoms with E-state index in [0.29, 0.717) is 0 Å². The van der Waals surface area contributed by atoms with Crippen LogP contribution in [0.15, 0.2) is 0 Å². The van der Waals surface area contributed by atoms with Gasteiger partial charge in [0.25, 0.3) is 0 Å². The van der Waals surface area contributed by atoms with Gasteiger partial charge in [0, 0.05) is 21.3 Å². The van der Waals surface area contributed by atoms with Crippen molar-refractivity contribution in [2.45, 2.75) is 56.4 Å². The molecule has 2 rings (SSSR count). The Bertz CT molecular complexity index is 266. The van der Waals surface area contributed by atoms with Gasteiger partial charge in [0.05, 0.1) is 13.2 Å². The van der Waals surface area contributed by atoms with Crippen molar-refractivity contribution in [3.05, 3.63) is 0 Å². The molecule has 2 atom stereocenters. The molecule has 0 aliphatic carbocycles. The molecule has 2 saturated heterocycles. The van der Waals surface area contributed by atoms with Crippen LogP contribution in [0.3, 0.4) is 0 Å². The van der Waals surface area contributed by atoms with Gasteiger partial charge in [-0.3, -0.25) is 0 Å². The fourth-order valence-corrected chi connectivity index (χ4v) is 7.09. The third-order valence-electron chi connectivity index (χ3n) is 4.34. The van der Waals surface area contributed by atoms with Crippen molar-refractivity contribution < 1.29 is 28.9 Å². The highest BCUT2D eigenvalue weighted by molar-refractivity contribution is 6.70. The van der Waals surface area contributed by atoms with Gasteiger partial charge in [0.2, 0.25) is 0 Å². The first-order valence-corrected chi connectivity index (χ1v) is 9.54. The number of aliphatic hydroxyl groups is 1. The molecule has 0 bridgehead atoms. The van der Waals surface area contributed by atoms with Crippen LogP contribution >= 0.6 is 0 Å². The molecule has 0 spiro atoms. The predicted octanol–water partition coefficient (Wildman–Crippen LogP) is 1.18. The number of rotatable bonds is 6. The van der Waals surface area contributed by atoms with Crippen LogP contribution in [0.5, 0.6) is 0 Å². The molecule has 3 N–H and O–H groups in total. The van der Waals surface area contributed by atoms with Crippen LogP contribution in [-0.2, 0) is 18.3 Å². The summed E-state index contributed by atoms with van der Waals surface area (Å²) < 4.78 is 22.0. The normalized spacial score (nSPS) is 29.9. The third kappa shape index (κ3) is 4.99. The third-order valence-corrected chi connectivity index (χ3v) is 8.76. The second-order valence-electron chi connectivity index (χ2n) is 5.45. The van der Waals surface area contributed by atoms with Crippen LogP contribution in [0.4, 0.5) is 0 Å². The van der Waals surface area contributed by atoms with Crippen molar-refractivity contribution in [3.8, 4) is 0 Å². The first kappa shape index (κ1) is 21.0. The number of ether oxygens (including phenoxy) is 2. The summed E-state index contributed by atoms with van der Waals surface area (Å²) in [5.41, 5.74) is 0. The van der Waals surface area contributed by atoms with E-state index in [2.05, 4.69) is 11.7 Å². The number of hydrogen-bond donors (Lipinski definition) is 1. The van der Waals surface area contributed by atoms with E-state index in [1.165, 1.54) is 12.8 Å². The lowest BCUT2D eigenvalue weighted by atomic mass is 10.1. The Labute approximate surface area is 129 Å². The van der Waals surface area contributed by atoms with Crippen molar-refractivity contribution in [2.75, 3.05) is 34.5 Å². The van der Waals surface area contributed by atoms with Gasteiger partial charge in [-0.2, -0.15) is 0 Å². The molecule has 0 amide bonds. The van der Waals surface area contributed by atoms with Gasteiger partial charge >= 0.3 is 8.56 Å². The Morgan fingerprint density at radius 1 is 1.24 bits per heavy atom. The van der Waals surface area contributed by atoms with E-state index < -0.39 is 8.56 Å². The van der Waals surface area contributed by atoms with Gasteiger partial charge < -0.3 is 28.9 Å². The highest BCUT2D eigenvalue weighted by atomic mass is 28.4. The zero-order valence-corrected chi connectivity index (χ0v) is 14.8. The lowest BCUT2D eigenvalue weighted by molar-refractivity contribution is -0.0149. The summed E-state index contributed by atoms with van der Waals surface area (Å²) in [5.74, 6) is 0. The van der Waals surface area contributed by atoms with Gasteiger partial charge in [-0.1, -0.05) is 26.2 Å². The Morgan fingerprint density at radius 2 is 1.86 bits per heavy atom. The van der Waals surface area contributed by atoms with E-state index in [9.17, 15) is 0 Å². The minimum atomic E-state index is -2.15. The smallest absolute Gasteiger partial charge is 0.370 e. The van der Waals surface area contributed by atoms with Crippen molar-refractivity contribution in [1.82, 2.24) is 0 Å². The van der Waals surface area contributed by atoms with Crippen LogP contribution < -0.4 is 0 Å². The topological polar surface area (TPSA) is 92.0 Å². The molecule has 128 valence electrons. The van der Waals surface area contributed by atoms with E-state index in [1.807, 2.05) is 0 Å². The van der Waals surface area contributed by atoms with Crippen LogP contribution in [0.25, 0.3) is 0 Å². The molecule has 0 saturated carbocycles. The maximum atomic E-state index is 8.08. The monoisotopic (exact) mass is 324 g/mol. The molecule has 2 fully saturated rings. The van der Waals surface area contributed by atoms with E-state index in [-0.39, 0.29) is 23.4 Å². The maximum absolute atomic E-state index is 8.08. The summed E-state index contributed by atoms with van der Waals surface area (Å²) in [6.07, 6.45) is 5.89. The standard InChI is InChI=1S/C11H24O3Si.C3H6O2.H2O/c1-5-8-11(12-2)9-6-7-10-15(11,13-3)14-4;4-1-3-2-5-3;/h5-10H2,1-4H3;3-4H,1-2H2;1H2. The second-order valence-corrected chi connectivity index (χ2v) is 9.19. The number of hydrogen-bond acceptors (Lipinski definition) is 5. The molecule has 0 aromatic rings. The van der Waals surface area contributed by atoms with Crippen molar-refractivity contribution in [2.24, 2.45) is 0 Å². The quantitative estimate of drug-likeness (QED) is 0.585. The van der Waals surface area contributed by atoms with Crippen LogP contribution in [0, 0.1) is 0 Å². The first-order valence-electron chi connectivity index (χ1n) is 7.51. The largest absolute Gasteiger partial charge is 0.412 e. The van der Waals surface area contributed by atoms with Crippen LogP contribution in [-0.4, -0.2) is 65.0 Å². The molecule has 2 heterocycles. The zero-order valence-electron chi connectivity index (χ0n) is 13.8. The minimum Gasteiger partial charge on any atom is -0.412 e. The van der Waals surface area contributed by atoms with E-state index in [0.717, 1.165) is 31.9 Å². The van der Waals surface area contributed by atoms with E-state index >= 15 is 0 Å². The van der Waals surface area contributed by atoms with Crippen molar-refractivity contribution in [1.29, 1.82) is 0 Å². The average molecular weight is 324 g/mol. The van der Waals surface area contributed by atoms with Crippen molar-refractivity contribution in [3.63, 3.8) is 0 Å². The van der Waals surface area contributed by atoms with Gasteiger partial charge in [0.1, 0.15) is 11.3 Å². The first-order chi connectivity index (χ1) is 9.63. The predicted molar refractivity (Wildman–Crippen MR) is 83.5 cm³/mol. The molecule has 0 radical (unpaired) electrons. The lowest BCUT2D eigenvalue weighted by Crippen LogP contribution is -2.64. The van der Waals surface area contributed by atoms with Crippen molar-refractivity contribution >= 4 is 8.56 Å². The summed E-state index contributed by atoms with van der Waals surface area (Å²) in [7, 11) is 3.22. The average Bonchev–Trinajstić information content (AvgIpc) is 3.33. The lowest BCUT2D eigenvalue weighted by Gasteiger charge is -2.47. The highest BCUT2D eigenvalue weighted by Crippen LogP contribution is 2.42. The fourth-order valence-electron chi connectivity index (χ4n) is 3.10. The summed E-state index contributed by atoms with van der Waals surface area (Å²) in [6.45, 7) is 3.15. The molecule has 21 heavy (non-hydrogen) atoms. The molecule has 6 nitrogen and oxygen atoms in total. The summed E-state index contributed by atoms with van der Waals surface area (Å²) >= 11 is 0. The Balaban J connectivity index is 0.000000562. The fraction of sp³-hybridized carbons (Fsp3) is 1.00. The molecular formula is C14H32O6Si. The van der Waals surface area contributed by atoms with Crippen LogP contribution in [0.2, 0.25) is 6.04 Å². The van der Waals surface area contributed by atoms with Gasteiger partial charge in [-0.15, -0.1) is 0 Å². The highest BCUT2D eigenvalue weighted by Gasteiger charge is 2.58. The molecular weight excluding hydrogens is 292 g/mol. The summed E-state index contributed by atoms with van der Waals surface area (Å²) in [4.78, 5) is 0. The van der Waals surface area contributed by atoms with Gasteiger partial charge in [-0.25, -0.2) is 0 Å². The Hall–Kier alpha value is -0.0231. The van der Waals surface area contributed by atoms with Gasteiger partial charge in [0.15, 0.2) is 0 Å². The molecule has 7 heteroatoms. The number of aliphatic hydroxyl groups excluding tert-OH is 1. The molecule has 0 aromatic heterocycles. The SMILES string of the molecule is CCCC1(OC)CCCC[Si]1(OC)OC.O.OCC1CO1. The zero-order chi connectivity index (χ0) is 15.1. The second kappa shape index (κ2) is 9.89. The Morgan fingerprint density at radius 3 is 2.19 bits per heavy atom. The Kier molecular flexibility index (Phi) is 9.87. The van der Waals surface area contributed by atoms with E-state index in [4.69, 9.17) is 18.7 Å². The number of methoxy groups -OCH3 is 1. The van der Waals surface area contributed by atoms with E-state index in [1.54, 1.807) is 21.3 Å². The minimum absolute atomic E-state index is 0. The molecule has 2 aliphatic heterocycles. The summed E-state index contributed by atoms with van der Waals surface area (Å²) in [6, 6.07) is 1.06. The molecule has 2 unspecified atom stereocenters. The summed E-state index contributed by atoms with van der Waals surface area (Å²) in [5, 5.41) is 7.96. The van der Waals surface area contributed by atoms with Crippen LogP contribution in [0.1, 0.15) is 39.0 Å². The molecule has 2 aliphatic rings.